The van der Waals surface area contributed by atoms with Crippen molar-refractivity contribution < 1.29 is 14.3 Å². The van der Waals surface area contributed by atoms with Gasteiger partial charge in [-0.3, -0.25) is 4.79 Å². The molecule has 1 amide bonds. The fraction of sp³-hybridized carbons (Fsp3) is 0.529. The van der Waals surface area contributed by atoms with Gasteiger partial charge in [0.25, 0.3) is 0 Å². The van der Waals surface area contributed by atoms with Gasteiger partial charge in [0.05, 0.1) is 12.5 Å². The Morgan fingerprint density at radius 2 is 1.95 bits per heavy atom. The molecular weight excluding hydrogens is 266 g/mol. The molecule has 2 rings (SSSR count). The minimum absolute atomic E-state index is 0.0744. The molecule has 4 heteroatoms. The lowest BCUT2D eigenvalue weighted by atomic mass is 9.83. The van der Waals surface area contributed by atoms with E-state index in [9.17, 15) is 9.59 Å². The topological polar surface area (TPSA) is 46.6 Å². The molecule has 0 radical (unpaired) electrons. The molecule has 0 spiro atoms. The number of esters is 1. The molecule has 114 valence electrons. The largest absolute Gasteiger partial charge is 0.464 e. The van der Waals surface area contributed by atoms with Crippen LogP contribution in [0.25, 0.3) is 0 Å². The second kappa shape index (κ2) is 7.25. The first-order valence-corrected chi connectivity index (χ1v) is 7.70. The number of β-lactam (4-membered cyclic amide) rings is 1. The summed E-state index contributed by atoms with van der Waals surface area (Å²) in [5.41, 5.74) is 1.04. The van der Waals surface area contributed by atoms with Gasteiger partial charge in [-0.05, 0) is 18.9 Å². The van der Waals surface area contributed by atoms with E-state index in [0.29, 0.717) is 13.2 Å². The Balaban J connectivity index is 2.07. The van der Waals surface area contributed by atoms with E-state index in [4.69, 9.17) is 4.74 Å². The van der Waals surface area contributed by atoms with Crippen molar-refractivity contribution >= 4 is 11.9 Å². The monoisotopic (exact) mass is 289 g/mol. The number of carbonyl (C=O) groups is 2. The fourth-order valence-electron chi connectivity index (χ4n) is 2.80. The van der Waals surface area contributed by atoms with E-state index in [1.54, 1.807) is 11.8 Å². The number of hydrogen-bond acceptors (Lipinski definition) is 3. The highest BCUT2D eigenvalue weighted by Crippen LogP contribution is 2.33. The standard InChI is InChI=1S/C17H23NO3/c1-3-5-11-14-15(17(20)21-4-2)18(16(14)19)12-13-9-7-6-8-10-13/h6-10,14-15H,3-5,11-12H2,1-2H3. The van der Waals surface area contributed by atoms with Crippen LogP contribution in [0.1, 0.15) is 38.7 Å². The molecule has 1 heterocycles. The summed E-state index contributed by atoms with van der Waals surface area (Å²) in [4.78, 5) is 26.1. The van der Waals surface area contributed by atoms with Gasteiger partial charge in [-0.25, -0.2) is 4.79 Å². The summed E-state index contributed by atoms with van der Waals surface area (Å²) < 4.78 is 5.14. The van der Waals surface area contributed by atoms with E-state index < -0.39 is 6.04 Å². The zero-order chi connectivity index (χ0) is 15.2. The minimum atomic E-state index is -0.413. The van der Waals surface area contributed by atoms with Crippen molar-refractivity contribution in [3.05, 3.63) is 35.9 Å². The van der Waals surface area contributed by atoms with Crippen LogP contribution in [0.4, 0.5) is 0 Å². The number of likely N-dealkylation sites (tertiary alicyclic amines) is 1. The Morgan fingerprint density at radius 1 is 1.24 bits per heavy atom. The van der Waals surface area contributed by atoms with Crippen LogP contribution >= 0.6 is 0 Å². The molecule has 1 aromatic carbocycles. The molecule has 1 aromatic rings. The molecule has 1 aliphatic rings. The Morgan fingerprint density at radius 3 is 2.57 bits per heavy atom. The highest BCUT2D eigenvalue weighted by molar-refractivity contribution is 5.97. The summed E-state index contributed by atoms with van der Waals surface area (Å²) in [5, 5.41) is 0. The van der Waals surface area contributed by atoms with Crippen LogP contribution in [0.15, 0.2) is 30.3 Å². The molecule has 0 aliphatic carbocycles. The lowest BCUT2D eigenvalue weighted by molar-refractivity contribution is -0.175. The van der Waals surface area contributed by atoms with Gasteiger partial charge in [0.2, 0.25) is 5.91 Å². The maximum atomic E-state index is 12.3. The maximum Gasteiger partial charge on any atom is 0.329 e. The zero-order valence-corrected chi connectivity index (χ0v) is 12.7. The third kappa shape index (κ3) is 3.43. The molecule has 2 atom stereocenters. The first kappa shape index (κ1) is 15.5. The molecule has 0 N–H and O–H groups in total. The van der Waals surface area contributed by atoms with Gasteiger partial charge in [-0.1, -0.05) is 50.1 Å². The number of carbonyl (C=O) groups excluding carboxylic acids is 2. The molecule has 0 saturated carbocycles. The molecule has 1 fully saturated rings. The van der Waals surface area contributed by atoms with Crippen molar-refractivity contribution in [2.45, 2.75) is 45.7 Å². The van der Waals surface area contributed by atoms with Gasteiger partial charge in [0.15, 0.2) is 0 Å². The van der Waals surface area contributed by atoms with E-state index in [1.807, 2.05) is 30.3 Å². The van der Waals surface area contributed by atoms with Crippen molar-refractivity contribution in [2.24, 2.45) is 5.92 Å². The van der Waals surface area contributed by atoms with Crippen LogP contribution in [0.2, 0.25) is 0 Å². The van der Waals surface area contributed by atoms with E-state index in [0.717, 1.165) is 24.8 Å². The normalized spacial score (nSPS) is 21.0. The van der Waals surface area contributed by atoms with Crippen molar-refractivity contribution in [2.75, 3.05) is 6.61 Å². The average molecular weight is 289 g/mol. The maximum absolute atomic E-state index is 12.3. The number of benzene rings is 1. The lowest BCUT2D eigenvalue weighted by Gasteiger charge is -2.45. The Labute approximate surface area is 126 Å². The van der Waals surface area contributed by atoms with Gasteiger partial charge in [-0.2, -0.15) is 0 Å². The molecule has 1 saturated heterocycles. The molecule has 0 bridgehead atoms. The van der Waals surface area contributed by atoms with Crippen LogP contribution in [-0.2, 0) is 20.9 Å². The van der Waals surface area contributed by atoms with Crippen LogP contribution in [0.5, 0.6) is 0 Å². The molecule has 2 unspecified atom stereocenters. The van der Waals surface area contributed by atoms with E-state index in [2.05, 4.69) is 6.92 Å². The van der Waals surface area contributed by atoms with Crippen LogP contribution in [-0.4, -0.2) is 29.4 Å². The van der Waals surface area contributed by atoms with Crippen LogP contribution in [0.3, 0.4) is 0 Å². The number of unbranched alkanes of at least 4 members (excludes halogenated alkanes) is 1. The van der Waals surface area contributed by atoms with Gasteiger partial charge in [0.1, 0.15) is 6.04 Å². The van der Waals surface area contributed by atoms with Crippen molar-refractivity contribution in [3.8, 4) is 0 Å². The summed E-state index contributed by atoms with van der Waals surface area (Å²) in [5.74, 6) is -0.396. The summed E-state index contributed by atoms with van der Waals surface area (Å²) >= 11 is 0. The van der Waals surface area contributed by atoms with Crippen LogP contribution < -0.4 is 0 Å². The van der Waals surface area contributed by atoms with Gasteiger partial charge >= 0.3 is 5.97 Å². The fourth-order valence-corrected chi connectivity index (χ4v) is 2.80. The molecule has 4 nitrogen and oxygen atoms in total. The first-order chi connectivity index (χ1) is 10.2. The second-order valence-electron chi connectivity index (χ2n) is 5.40. The summed E-state index contributed by atoms with van der Waals surface area (Å²) in [7, 11) is 0. The SMILES string of the molecule is CCCCC1C(=O)N(Cc2ccccc2)C1C(=O)OCC. The number of ether oxygens (including phenoxy) is 1. The van der Waals surface area contributed by atoms with Crippen molar-refractivity contribution in [1.82, 2.24) is 4.90 Å². The number of nitrogens with zero attached hydrogens (tertiary/aromatic N) is 1. The van der Waals surface area contributed by atoms with Crippen LogP contribution in [0, 0.1) is 5.92 Å². The third-order valence-corrected chi connectivity index (χ3v) is 3.91. The zero-order valence-electron chi connectivity index (χ0n) is 12.7. The summed E-state index contributed by atoms with van der Waals surface area (Å²) in [6, 6.07) is 9.34. The highest BCUT2D eigenvalue weighted by Gasteiger charge is 2.51. The smallest absolute Gasteiger partial charge is 0.329 e. The van der Waals surface area contributed by atoms with E-state index in [1.165, 1.54) is 0 Å². The lowest BCUT2D eigenvalue weighted by Crippen LogP contribution is -2.64. The molecule has 1 aliphatic heterocycles. The van der Waals surface area contributed by atoms with Crippen molar-refractivity contribution in [3.63, 3.8) is 0 Å². The van der Waals surface area contributed by atoms with Gasteiger partial charge < -0.3 is 9.64 Å². The molecule has 21 heavy (non-hydrogen) atoms. The summed E-state index contributed by atoms with van der Waals surface area (Å²) in [6.07, 6.45) is 2.76. The summed E-state index contributed by atoms with van der Waals surface area (Å²) in [6.45, 7) is 4.71. The number of rotatable bonds is 7. The predicted octanol–water partition coefficient (Wildman–Crippen LogP) is 2.77. The number of hydrogen-bond donors (Lipinski definition) is 0. The van der Waals surface area contributed by atoms with E-state index >= 15 is 0 Å². The minimum Gasteiger partial charge on any atom is -0.464 e. The Hall–Kier alpha value is -1.84. The predicted molar refractivity (Wildman–Crippen MR) is 80.4 cm³/mol. The first-order valence-electron chi connectivity index (χ1n) is 7.70. The van der Waals surface area contributed by atoms with Crippen molar-refractivity contribution in [1.29, 1.82) is 0 Å². The second-order valence-corrected chi connectivity index (χ2v) is 5.40. The molecular formula is C17H23NO3. The van der Waals surface area contributed by atoms with Gasteiger partial charge in [0, 0.05) is 6.54 Å². The Bertz CT molecular complexity index is 486. The average Bonchev–Trinajstić information content (AvgIpc) is 2.50. The third-order valence-electron chi connectivity index (χ3n) is 3.91. The van der Waals surface area contributed by atoms with E-state index in [-0.39, 0.29) is 17.8 Å². The highest BCUT2D eigenvalue weighted by atomic mass is 16.5. The quantitative estimate of drug-likeness (QED) is 0.573. The van der Waals surface area contributed by atoms with Gasteiger partial charge in [-0.15, -0.1) is 0 Å². The Kier molecular flexibility index (Phi) is 5.37. The molecule has 0 aromatic heterocycles. The number of amides is 1.